The van der Waals surface area contributed by atoms with Crippen LogP contribution in [0.2, 0.25) is 0 Å². The highest BCUT2D eigenvalue weighted by Gasteiger charge is 2.24. The van der Waals surface area contributed by atoms with Gasteiger partial charge in [0.15, 0.2) is 11.5 Å². The molecule has 1 aliphatic carbocycles. The van der Waals surface area contributed by atoms with Crippen LogP contribution >= 0.6 is 0 Å². The minimum absolute atomic E-state index is 0.172. The third-order valence-corrected chi connectivity index (χ3v) is 6.53. The maximum Gasteiger partial charge on any atom is 0.321 e. The van der Waals surface area contributed by atoms with Gasteiger partial charge in [-0.15, -0.1) is 0 Å². The summed E-state index contributed by atoms with van der Waals surface area (Å²) in [6, 6.07) is 5.93. The van der Waals surface area contributed by atoms with Crippen LogP contribution in [0.25, 0.3) is 0 Å². The Labute approximate surface area is 184 Å². The van der Waals surface area contributed by atoms with Crippen molar-refractivity contribution in [2.45, 2.75) is 45.2 Å². The number of carbonyl (C=O) groups excluding carboxylic acids is 2. The van der Waals surface area contributed by atoms with E-state index in [2.05, 4.69) is 39.5 Å². The molecule has 2 fully saturated rings. The van der Waals surface area contributed by atoms with E-state index in [1.807, 2.05) is 6.07 Å². The fourth-order valence-corrected chi connectivity index (χ4v) is 4.65. The molecule has 8 heteroatoms. The Morgan fingerprint density at radius 1 is 1.00 bits per heavy atom. The van der Waals surface area contributed by atoms with Gasteiger partial charge in [0.05, 0.1) is 6.54 Å². The summed E-state index contributed by atoms with van der Waals surface area (Å²) in [6.45, 7) is 7.83. The monoisotopic (exact) mass is 430 g/mol. The molecule has 1 aromatic carbocycles. The number of benzene rings is 1. The van der Waals surface area contributed by atoms with Crippen molar-refractivity contribution in [3.8, 4) is 11.5 Å². The second-order valence-electron chi connectivity index (χ2n) is 8.92. The van der Waals surface area contributed by atoms with Gasteiger partial charge in [0, 0.05) is 38.8 Å². The molecule has 4 rings (SSSR count). The van der Waals surface area contributed by atoms with E-state index in [-0.39, 0.29) is 24.5 Å². The third kappa shape index (κ3) is 6.11. The number of nitrogens with one attached hydrogen (secondary N) is 2. The summed E-state index contributed by atoms with van der Waals surface area (Å²) in [6.07, 6.45) is 4.49. The smallest absolute Gasteiger partial charge is 0.321 e. The molecule has 0 radical (unpaired) electrons. The fourth-order valence-electron chi connectivity index (χ4n) is 4.65. The van der Waals surface area contributed by atoms with Crippen LogP contribution in [0.4, 0.5) is 4.79 Å². The molecule has 0 bridgehead atoms. The number of hydrogen-bond acceptors (Lipinski definition) is 6. The number of carbonyl (C=O) groups is 2. The average Bonchev–Trinajstić information content (AvgIpc) is 2.76. The molecule has 3 amide bonds. The Morgan fingerprint density at radius 3 is 2.48 bits per heavy atom. The molecule has 8 nitrogen and oxygen atoms in total. The van der Waals surface area contributed by atoms with Gasteiger partial charge in [-0.3, -0.25) is 19.9 Å². The SMILES string of the molecule is C[C@H]1CCCC[C@H]1NC(=O)NC(=O)CN1CCN(Cc2ccc3c(c2)OCCO3)CC1. The summed E-state index contributed by atoms with van der Waals surface area (Å²) in [7, 11) is 0. The molecule has 0 aromatic heterocycles. The van der Waals surface area contributed by atoms with Gasteiger partial charge in [-0.05, 0) is 36.5 Å². The number of rotatable bonds is 5. The molecule has 31 heavy (non-hydrogen) atoms. The molecule has 2 N–H and O–H groups in total. The average molecular weight is 431 g/mol. The molecule has 2 aliphatic heterocycles. The van der Waals surface area contributed by atoms with Gasteiger partial charge in [0.2, 0.25) is 5.91 Å². The van der Waals surface area contributed by atoms with Gasteiger partial charge in [-0.1, -0.05) is 25.8 Å². The largest absolute Gasteiger partial charge is 0.486 e. The summed E-state index contributed by atoms with van der Waals surface area (Å²) in [5, 5.41) is 5.48. The van der Waals surface area contributed by atoms with E-state index < -0.39 is 0 Å². The van der Waals surface area contributed by atoms with Crippen LogP contribution in [-0.4, -0.2) is 73.7 Å². The normalized spacial score (nSPS) is 24.4. The van der Waals surface area contributed by atoms with Crippen molar-refractivity contribution >= 4 is 11.9 Å². The van der Waals surface area contributed by atoms with Crippen molar-refractivity contribution in [3.63, 3.8) is 0 Å². The first-order valence-electron chi connectivity index (χ1n) is 11.5. The minimum atomic E-state index is -0.360. The second-order valence-corrected chi connectivity index (χ2v) is 8.92. The zero-order chi connectivity index (χ0) is 21.6. The molecule has 0 unspecified atom stereocenters. The zero-order valence-electron chi connectivity index (χ0n) is 18.4. The van der Waals surface area contributed by atoms with Gasteiger partial charge in [0.25, 0.3) is 0 Å². The minimum Gasteiger partial charge on any atom is -0.486 e. The maximum absolute atomic E-state index is 12.3. The number of nitrogens with zero attached hydrogens (tertiary/aromatic N) is 2. The van der Waals surface area contributed by atoms with Crippen molar-refractivity contribution in [2.75, 3.05) is 45.9 Å². The molecule has 3 aliphatic rings. The van der Waals surface area contributed by atoms with E-state index in [9.17, 15) is 9.59 Å². The lowest BCUT2D eigenvalue weighted by Crippen LogP contribution is -2.52. The lowest BCUT2D eigenvalue weighted by atomic mass is 9.86. The molecule has 170 valence electrons. The fraction of sp³-hybridized carbons (Fsp3) is 0.652. The molecule has 1 saturated heterocycles. The van der Waals surface area contributed by atoms with Gasteiger partial charge < -0.3 is 14.8 Å². The van der Waals surface area contributed by atoms with E-state index in [4.69, 9.17) is 9.47 Å². The molecule has 2 atom stereocenters. The number of piperazine rings is 1. The van der Waals surface area contributed by atoms with Gasteiger partial charge in [-0.2, -0.15) is 0 Å². The first-order chi connectivity index (χ1) is 15.1. The second kappa shape index (κ2) is 10.3. The van der Waals surface area contributed by atoms with Crippen LogP contribution in [0.15, 0.2) is 18.2 Å². The quantitative estimate of drug-likeness (QED) is 0.743. The Morgan fingerprint density at radius 2 is 1.71 bits per heavy atom. The topological polar surface area (TPSA) is 83.1 Å². The van der Waals surface area contributed by atoms with Crippen LogP contribution in [0.5, 0.6) is 11.5 Å². The lowest BCUT2D eigenvalue weighted by Gasteiger charge is -2.34. The molecule has 1 saturated carbocycles. The number of imide groups is 1. The van der Waals surface area contributed by atoms with Crippen molar-refractivity contribution < 1.29 is 19.1 Å². The molecule has 1 aromatic rings. The Balaban J connectivity index is 1.17. The highest BCUT2D eigenvalue weighted by Crippen LogP contribution is 2.31. The molecular formula is C23H34N4O4. The van der Waals surface area contributed by atoms with Gasteiger partial charge >= 0.3 is 6.03 Å². The standard InChI is InChI=1S/C23H34N4O4/c1-17-4-2-3-5-19(17)24-23(29)25-22(28)16-27-10-8-26(9-11-27)15-18-6-7-20-21(14-18)31-13-12-30-20/h6-7,14,17,19H,2-5,8-13,15-16H2,1H3,(H2,24,25,28,29)/t17-,19+/m0/s1. The van der Waals surface area contributed by atoms with E-state index in [0.29, 0.717) is 19.1 Å². The lowest BCUT2D eigenvalue weighted by molar-refractivity contribution is -0.121. The predicted molar refractivity (Wildman–Crippen MR) is 117 cm³/mol. The number of ether oxygens (including phenoxy) is 2. The van der Waals surface area contributed by atoms with E-state index >= 15 is 0 Å². The predicted octanol–water partition coefficient (Wildman–Crippen LogP) is 1.98. The van der Waals surface area contributed by atoms with Gasteiger partial charge in [0.1, 0.15) is 13.2 Å². The Kier molecular flexibility index (Phi) is 7.29. The van der Waals surface area contributed by atoms with Crippen molar-refractivity contribution in [3.05, 3.63) is 23.8 Å². The maximum atomic E-state index is 12.3. The number of urea groups is 1. The first-order valence-corrected chi connectivity index (χ1v) is 11.5. The van der Waals surface area contributed by atoms with E-state index in [0.717, 1.165) is 63.5 Å². The number of amides is 3. The molecular weight excluding hydrogens is 396 g/mol. The molecule has 0 spiro atoms. The number of hydrogen-bond donors (Lipinski definition) is 2. The van der Waals surface area contributed by atoms with Crippen LogP contribution in [0.3, 0.4) is 0 Å². The summed E-state index contributed by atoms with van der Waals surface area (Å²) >= 11 is 0. The zero-order valence-corrected chi connectivity index (χ0v) is 18.4. The van der Waals surface area contributed by atoms with Crippen LogP contribution in [0.1, 0.15) is 38.2 Å². The van der Waals surface area contributed by atoms with E-state index in [1.165, 1.54) is 12.0 Å². The van der Waals surface area contributed by atoms with Crippen molar-refractivity contribution in [1.82, 2.24) is 20.4 Å². The Bertz CT molecular complexity index is 779. The third-order valence-electron chi connectivity index (χ3n) is 6.53. The summed E-state index contributed by atoms with van der Waals surface area (Å²) in [4.78, 5) is 29.0. The van der Waals surface area contributed by atoms with Crippen molar-refractivity contribution in [1.29, 1.82) is 0 Å². The van der Waals surface area contributed by atoms with Crippen LogP contribution < -0.4 is 20.1 Å². The van der Waals surface area contributed by atoms with Crippen LogP contribution in [0, 0.1) is 5.92 Å². The number of fused-ring (bicyclic) bond motifs is 1. The van der Waals surface area contributed by atoms with E-state index in [1.54, 1.807) is 0 Å². The summed E-state index contributed by atoms with van der Waals surface area (Å²) < 4.78 is 11.3. The summed E-state index contributed by atoms with van der Waals surface area (Å²) in [5.41, 5.74) is 1.20. The van der Waals surface area contributed by atoms with Gasteiger partial charge in [-0.25, -0.2) is 4.79 Å². The Hall–Kier alpha value is -2.32. The highest BCUT2D eigenvalue weighted by molar-refractivity contribution is 5.95. The van der Waals surface area contributed by atoms with Crippen LogP contribution in [-0.2, 0) is 11.3 Å². The molecule has 2 heterocycles. The summed E-state index contributed by atoms with van der Waals surface area (Å²) in [5.74, 6) is 1.87. The first kappa shape index (κ1) is 21.9. The highest BCUT2D eigenvalue weighted by atomic mass is 16.6. The van der Waals surface area contributed by atoms with Crippen molar-refractivity contribution in [2.24, 2.45) is 5.92 Å².